The van der Waals surface area contributed by atoms with Gasteiger partial charge in [0.05, 0.1) is 22.8 Å². The normalized spacial score (nSPS) is 18.3. The number of nitrogens with zero attached hydrogens (tertiary/aromatic N) is 8. The van der Waals surface area contributed by atoms with Gasteiger partial charge in [-0.2, -0.15) is 21.0 Å². The van der Waals surface area contributed by atoms with Crippen LogP contribution in [0.4, 0.5) is 17.6 Å². The van der Waals surface area contributed by atoms with Crippen LogP contribution in [-0.2, 0) is 6.42 Å². The fourth-order valence-electron chi connectivity index (χ4n) is 6.23. The van der Waals surface area contributed by atoms with E-state index in [0.717, 1.165) is 0 Å². The summed E-state index contributed by atoms with van der Waals surface area (Å²) < 4.78 is 61.6. The van der Waals surface area contributed by atoms with Crippen LogP contribution in [0.25, 0.3) is 38.8 Å². The van der Waals surface area contributed by atoms with Crippen LogP contribution in [0.3, 0.4) is 0 Å². The molecule has 0 fully saturated rings. The minimum Gasteiger partial charge on any atom is -0.245 e. The minimum absolute atomic E-state index is 0.0185. The Bertz CT molecular complexity index is 2300. The zero-order chi connectivity index (χ0) is 31.0. The van der Waals surface area contributed by atoms with Gasteiger partial charge >= 0.3 is 0 Å². The summed E-state index contributed by atoms with van der Waals surface area (Å²) in [6.45, 7) is 1.68. The maximum atomic E-state index is 16.3. The molecule has 0 aliphatic heterocycles. The Kier molecular flexibility index (Phi) is 5.82. The molecular weight excluding hydrogens is 572 g/mol. The quantitative estimate of drug-likeness (QED) is 0.162. The van der Waals surface area contributed by atoms with Crippen LogP contribution in [0, 0.1) is 62.9 Å². The Morgan fingerprint density at radius 3 is 1.86 bits per heavy atom. The van der Waals surface area contributed by atoms with Gasteiger partial charge in [0, 0.05) is 29.9 Å². The van der Waals surface area contributed by atoms with Gasteiger partial charge in [0.2, 0.25) is 0 Å². The third kappa shape index (κ3) is 3.58. The van der Waals surface area contributed by atoms with Gasteiger partial charge in [-0.15, -0.1) is 0 Å². The number of hydrogen-bond donors (Lipinski definition) is 0. The van der Waals surface area contributed by atoms with E-state index in [1.54, 1.807) is 31.2 Å². The third-order valence-corrected chi connectivity index (χ3v) is 8.25. The van der Waals surface area contributed by atoms with Crippen molar-refractivity contribution in [2.75, 3.05) is 0 Å². The molecule has 4 aliphatic carbocycles. The van der Waals surface area contributed by atoms with Crippen LogP contribution in [0.2, 0.25) is 0 Å². The smallest absolute Gasteiger partial charge is 0.179 e. The average Bonchev–Trinajstić information content (AvgIpc) is 3.32. The molecule has 12 heteroatoms. The summed E-state index contributed by atoms with van der Waals surface area (Å²) in [7, 11) is 0. The first-order valence-corrected chi connectivity index (χ1v) is 13.4. The molecule has 1 unspecified atom stereocenters. The molecule has 0 saturated carbocycles. The molecule has 2 heterocycles. The molecule has 7 rings (SSSR count). The van der Waals surface area contributed by atoms with Gasteiger partial charge in [0.25, 0.3) is 0 Å². The highest BCUT2D eigenvalue weighted by atomic mass is 19.1. The first-order chi connectivity index (χ1) is 21.2. The van der Waals surface area contributed by atoms with Gasteiger partial charge in [0.15, 0.2) is 11.6 Å². The predicted octanol–water partition coefficient (Wildman–Crippen LogP) is 6.61. The Morgan fingerprint density at radius 2 is 1.25 bits per heavy atom. The van der Waals surface area contributed by atoms with E-state index in [1.807, 2.05) is 0 Å². The lowest BCUT2D eigenvalue weighted by molar-refractivity contribution is 0.477. The standard InChI is InChI=1S/C32H14F4N8/c1-12-4-13-5-21-27(22(14(8-37)9-38)18(13)7-20(12)34)43-30-25(36)32-31(24(35)29(30)41-21)42-26-17-3-2-16(33)6-19(17)23(28(26)44-32)15(10-39)11-40/h6-7,12H,2-5H2,1H3. The second-order valence-corrected chi connectivity index (χ2v) is 10.7. The van der Waals surface area contributed by atoms with Crippen molar-refractivity contribution in [2.24, 2.45) is 5.92 Å². The molecule has 0 amide bonds. The number of allylic oxidation sites excluding steroid dienone is 12. The molecule has 2 aromatic heterocycles. The third-order valence-electron chi connectivity index (χ3n) is 8.25. The van der Waals surface area contributed by atoms with Crippen molar-refractivity contribution < 1.29 is 17.6 Å². The van der Waals surface area contributed by atoms with Crippen LogP contribution < -0.4 is 0 Å². The number of hydrogen-bond acceptors (Lipinski definition) is 8. The van der Waals surface area contributed by atoms with Crippen molar-refractivity contribution in [3.05, 3.63) is 86.1 Å². The highest BCUT2D eigenvalue weighted by molar-refractivity contribution is 6.06. The van der Waals surface area contributed by atoms with E-state index in [-0.39, 0.29) is 70.8 Å². The van der Waals surface area contributed by atoms with Crippen molar-refractivity contribution in [1.82, 2.24) is 19.9 Å². The maximum Gasteiger partial charge on any atom is 0.179 e. The van der Waals surface area contributed by atoms with Gasteiger partial charge in [-0.3, -0.25) is 0 Å². The Labute approximate surface area is 246 Å². The molecular formula is C32H14F4N8. The largest absolute Gasteiger partial charge is 0.245 e. The number of nitriles is 4. The maximum absolute atomic E-state index is 16.3. The number of fused-ring (bicyclic) bond motifs is 5. The lowest BCUT2D eigenvalue weighted by Gasteiger charge is -2.28. The Morgan fingerprint density at radius 1 is 0.705 bits per heavy atom. The van der Waals surface area contributed by atoms with Crippen LogP contribution in [-0.4, -0.2) is 19.9 Å². The summed E-state index contributed by atoms with van der Waals surface area (Å²) in [5.74, 6) is -3.57. The highest BCUT2D eigenvalue weighted by Gasteiger charge is 2.37. The van der Waals surface area contributed by atoms with Crippen LogP contribution in [0.5, 0.6) is 0 Å². The van der Waals surface area contributed by atoms with E-state index in [4.69, 9.17) is 0 Å². The fourth-order valence-corrected chi connectivity index (χ4v) is 6.23. The van der Waals surface area contributed by atoms with E-state index in [9.17, 15) is 29.8 Å². The van der Waals surface area contributed by atoms with Gasteiger partial charge < -0.3 is 0 Å². The lowest BCUT2D eigenvalue weighted by Crippen LogP contribution is -2.18. The first kappa shape index (κ1) is 26.9. The number of rotatable bonds is 0. The summed E-state index contributed by atoms with van der Waals surface area (Å²) in [5, 5.41) is 38.7. The fraction of sp³-hybridized carbons (Fsp3) is 0.188. The number of aromatic nitrogens is 4. The van der Waals surface area contributed by atoms with Crippen LogP contribution in [0.15, 0.2) is 51.7 Å². The first-order valence-electron chi connectivity index (χ1n) is 13.4. The van der Waals surface area contributed by atoms with Crippen LogP contribution >= 0.6 is 0 Å². The number of halogens is 4. The summed E-state index contributed by atoms with van der Waals surface area (Å²) in [5.41, 5.74) is -1.13. The predicted molar refractivity (Wildman–Crippen MR) is 148 cm³/mol. The van der Waals surface area contributed by atoms with Crippen molar-refractivity contribution in [3.8, 4) is 24.3 Å². The molecule has 1 atom stereocenters. The van der Waals surface area contributed by atoms with Gasteiger partial charge in [0.1, 0.15) is 69.1 Å². The van der Waals surface area contributed by atoms with Crippen molar-refractivity contribution in [3.63, 3.8) is 0 Å². The second-order valence-electron chi connectivity index (χ2n) is 10.7. The molecule has 0 bridgehead atoms. The second kappa shape index (κ2) is 9.52. The van der Waals surface area contributed by atoms with Crippen molar-refractivity contribution in [1.29, 1.82) is 21.0 Å². The topological polar surface area (TPSA) is 147 Å². The molecule has 44 heavy (non-hydrogen) atoms. The SMILES string of the molecule is CC1CC2=C(C=C1F)C(=C(C#N)C#N)c1nc3c(F)c4nc5c(nc4c(F)c3nc1C2)C1=C(C=C(F)CC1)C5=C(C#N)C#N. The van der Waals surface area contributed by atoms with E-state index in [0.29, 0.717) is 11.1 Å². The lowest BCUT2D eigenvalue weighted by atomic mass is 9.78. The van der Waals surface area contributed by atoms with Crippen molar-refractivity contribution in [2.45, 2.75) is 32.6 Å². The Balaban J connectivity index is 1.55. The molecule has 0 spiro atoms. The minimum atomic E-state index is -1.13. The molecule has 8 nitrogen and oxygen atoms in total. The van der Waals surface area contributed by atoms with Crippen molar-refractivity contribution >= 4 is 38.8 Å². The summed E-state index contributed by atoms with van der Waals surface area (Å²) in [4.78, 5) is 17.4. The molecule has 0 N–H and O–H groups in total. The Hall–Kier alpha value is -5.98. The molecule has 1 aromatic carbocycles. The monoisotopic (exact) mass is 586 g/mol. The summed E-state index contributed by atoms with van der Waals surface area (Å²) >= 11 is 0. The summed E-state index contributed by atoms with van der Waals surface area (Å²) in [6.07, 6.45) is 2.94. The number of benzene rings is 1. The molecule has 210 valence electrons. The molecule has 4 aliphatic rings. The van der Waals surface area contributed by atoms with E-state index < -0.39 is 62.4 Å². The van der Waals surface area contributed by atoms with Crippen LogP contribution in [0.1, 0.15) is 49.0 Å². The zero-order valence-electron chi connectivity index (χ0n) is 22.7. The zero-order valence-corrected chi connectivity index (χ0v) is 22.7. The van der Waals surface area contributed by atoms with Gasteiger partial charge in [-0.25, -0.2) is 37.5 Å². The van der Waals surface area contributed by atoms with E-state index in [1.165, 1.54) is 12.2 Å². The average molecular weight is 587 g/mol. The van der Waals surface area contributed by atoms with E-state index >= 15 is 8.78 Å². The summed E-state index contributed by atoms with van der Waals surface area (Å²) in [6, 6.07) is 7.09. The molecule has 3 aromatic rings. The molecule has 0 radical (unpaired) electrons. The van der Waals surface area contributed by atoms with E-state index in [2.05, 4.69) is 19.9 Å². The highest BCUT2D eigenvalue weighted by Crippen LogP contribution is 2.48. The van der Waals surface area contributed by atoms with Gasteiger partial charge in [-0.05, 0) is 41.7 Å². The van der Waals surface area contributed by atoms with Gasteiger partial charge in [-0.1, -0.05) is 12.5 Å². The molecule has 0 saturated heterocycles.